The largest absolute Gasteiger partial charge is 0.490 e. The van der Waals surface area contributed by atoms with E-state index in [1.54, 1.807) is 7.05 Å². The van der Waals surface area contributed by atoms with E-state index in [2.05, 4.69) is 5.32 Å². The van der Waals surface area contributed by atoms with Gasteiger partial charge >= 0.3 is 0 Å². The maximum absolute atomic E-state index is 13.6. The number of fused-ring (bicyclic) bond motifs is 1. The average molecular weight is 229 g/mol. The van der Waals surface area contributed by atoms with Gasteiger partial charge in [0.05, 0.1) is 12.7 Å². The molecule has 0 amide bonds. The Morgan fingerprint density at radius 2 is 2.25 bits per heavy atom. The van der Waals surface area contributed by atoms with Crippen LogP contribution in [0.2, 0.25) is 0 Å². The monoisotopic (exact) mass is 229 g/mol. The van der Waals surface area contributed by atoms with Gasteiger partial charge in [-0.25, -0.2) is 8.78 Å². The van der Waals surface area contributed by atoms with E-state index in [1.807, 2.05) is 0 Å². The fourth-order valence-electron chi connectivity index (χ4n) is 1.98. The first-order valence-corrected chi connectivity index (χ1v) is 5.11. The summed E-state index contributed by atoms with van der Waals surface area (Å²) in [6.45, 7) is 0.546. The van der Waals surface area contributed by atoms with Gasteiger partial charge in [-0.1, -0.05) is 0 Å². The van der Waals surface area contributed by atoms with Crippen LogP contribution < -0.4 is 10.1 Å². The molecule has 1 atom stereocenters. The second-order valence-electron chi connectivity index (χ2n) is 3.73. The van der Waals surface area contributed by atoms with Crippen LogP contribution in [0.4, 0.5) is 8.78 Å². The summed E-state index contributed by atoms with van der Waals surface area (Å²) in [5, 5.41) is 12.5. The molecule has 0 aliphatic carbocycles. The average Bonchev–Trinajstić information content (AvgIpc) is 2.66. The second-order valence-corrected chi connectivity index (χ2v) is 3.73. The van der Waals surface area contributed by atoms with Crippen LogP contribution in [0, 0.1) is 11.6 Å². The molecular weight excluding hydrogens is 216 g/mol. The molecular formula is C11H13F2NO2. The maximum Gasteiger partial charge on any atom is 0.168 e. The van der Waals surface area contributed by atoms with Crippen molar-refractivity contribution in [2.75, 3.05) is 20.2 Å². The first-order valence-electron chi connectivity index (χ1n) is 5.11. The number of rotatable bonds is 3. The number of hydrogen-bond acceptors (Lipinski definition) is 3. The molecule has 1 aliphatic heterocycles. The van der Waals surface area contributed by atoms with Gasteiger partial charge in [0.15, 0.2) is 11.6 Å². The molecule has 5 heteroatoms. The van der Waals surface area contributed by atoms with Crippen LogP contribution in [0.3, 0.4) is 0 Å². The molecule has 16 heavy (non-hydrogen) atoms. The zero-order chi connectivity index (χ0) is 11.7. The Morgan fingerprint density at radius 3 is 2.94 bits per heavy atom. The molecule has 1 heterocycles. The van der Waals surface area contributed by atoms with E-state index < -0.39 is 17.7 Å². The molecule has 0 saturated heterocycles. The van der Waals surface area contributed by atoms with E-state index in [0.29, 0.717) is 18.6 Å². The minimum absolute atomic E-state index is 0.0755. The van der Waals surface area contributed by atoms with Crippen molar-refractivity contribution in [1.82, 2.24) is 5.32 Å². The van der Waals surface area contributed by atoms with Crippen LogP contribution in [0.15, 0.2) is 6.07 Å². The van der Waals surface area contributed by atoms with Gasteiger partial charge in [0.2, 0.25) is 0 Å². The Morgan fingerprint density at radius 1 is 1.50 bits per heavy atom. The summed E-state index contributed by atoms with van der Waals surface area (Å²) in [6, 6.07) is 0.762. The van der Waals surface area contributed by atoms with E-state index >= 15 is 0 Å². The number of benzene rings is 1. The quantitative estimate of drug-likeness (QED) is 0.817. The van der Waals surface area contributed by atoms with Crippen LogP contribution in [0.25, 0.3) is 0 Å². The number of likely N-dealkylation sites (N-methyl/N-ethyl adjacent to an activating group) is 1. The molecule has 1 aliphatic rings. The molecule has 0 radical (unpaired) electrons. The van der Waals surface area contributed by atoms with Gasteiger partial charge in [-0.2, -0.15) is 0 Å². The predicted molar refractivity (Wildman–Crippen MR) is 54.4 cm³/mol. The van der Waals surface area contributed by atoms with E-state index in [1.165, 1.54) is 0 Å². The van der Waals surface area contributed by atoms with Gasteiger partial charge in [-0.15, -0.1) is 0 Å². The SMILES string of the molecule is CNCC(O)c1c(F)cc(F)c2c1CCO2. The highest BCUT2D eigenvalue weighted by atomic mass is 19.1. The number of hydrogen-bond donors (Lipinski definition) is 2. The molecule has 3 nitrogen and oxygen atoms in total. The fourth-order valence-corrected chi connectivity index (χ4v) is 1.98. The lowest BCUT2D eigenvalue weighted by atomic mass is 9.99. The standard InChI is InChI=1S/C11H13F2NO2/c1-14-5-9(15)10-6-2-3-16-11(6)8(13)4-7(10)12/h4,9,14-15H,2-3,5H2,1H3. The minimum atomic E-state index is -0.985. The fraction of sp³-hybridized carbons (Fsp3) is 0.455. The lowest BCUT2D eigenvalue weighted by molar-refractivity contribution is 0.172. The van der Waals surface area contributed by atoms with E-state index in [-0.39, 0.29) is 17.9 Å². The van der Waals surface area contributed by atoms with E-state index in [9.17, 15) is 13.9 Å². The van der Waals surface area contributed by atoms with Gasteiger partial charge in [0.1, 0.15) is 5.82 Å². The van der Waals surface area contributed by atoms with Crippen molar-refractivity contribution in [2.45, 2.75) is 12.5 Å². The van der Waals surface area contributed by atoms with Gasteiger partial charge in [0.25, 0.3) is 0 Å². The zero-order valence-corrected chi connectivity index (χ0v) is 8.89. The molecule has 2 N–H and O–H groups in total. The van der Waals surface area contributed by atoms with Crippen LogP contribution in [0.5, 0.6) is 5.75 Å². The van der Waals surface area contributed by atoms with Crippen molar-refractivity contribution in [3.63, 3.8) is 0 Å². The van der Waals surface area contributed by atoms with Gasteiger partial charge in [-0.3, -0.25) is 0 Å². The first-order chi connectivity index (χ1) is 7.65. The number of ether oxygens (including phenoxy) is 1. The van der Waals surface area contributed by atoms with Crippen molar-refractivity contribution in [3.8, 4) is 5.75 Å². The van der Waals surface area contributed by atoms with Crippen molar-refractivity contribution in [1.29, 1.82) is 0 Å². The molecule has 1 aromatic carbocycles. The summed E-state index contributed by atoms with van der Waals surface area (Å²) in [5.41, 5.74) is 0.587. The number of aliphatic hydroxyl groups is 1. The summed E-state index contributed by atoms with van der Waals surface area (Å²) < 4.78 is 32.0. The zero-order valence-electron chi connectivity index (χ0n) is 8.89. The highest BCUT2D eigenvalue weighted by molar-refractivity contribution is 5.46. The van der Waals surface area contributed by atoms with Gasteiger partial charge in [-0.05, 0) is 7.05 Å². The first kappa shape index (κ1) is 11.3. The molecule has 2 rings (SSSR count). The van der Waals surface area contributed by atoms with Crippen molar-refractivity contribution in [2.24, 2.45) is 0 Å². The molecule has 88 valence electrons. The molecule has 1 aromatic rings. The van der Waals surface area contributed by atoms with Crippen LogP contribution in [0.1, 0.15) is 17.2 Å². The topological polar surface area (TPSA) is 41.5 Å². The smallest absolute Gasteiger partial charge is 0.168 e. The van der Waals surface area contributed by atoms with Crippen LogP contribution in [-0.4, -0.2) is 25.3 Å². The Kier molecular flexibility index (Phi) is 3.07. The third-order valence-corrected chi connectivity index (χ3v) is 2.66. The minimum Gasteiger partial charge on any atom is -0.490 e. The molecule has 0 bridgehead atoms. The summed E-state index contributed by atoms with van der Waals surface area (Å²) in [4.78, 5) is 0. The van der Waals surface area contributed by atoms with E-state index in [0.717, 1.165) is 6.07 Å². The molecule has 0 saturated carbocycles. The maximum atomic E-state index is 13.6. The molecule has 0 aromatic heterocycles. The Bertz CT molecular complexity index is 409. The Labute approximate surface area is 92.0 Å². The van der Waals surface area contributed by atoms with Crippen LogP contribution >= 0.6 is 0 Å². The van der Waals surface area contributed by atoms with Crippen molar-refractivity contribution >= 4 is 0 Å². The normalized spacial score (nSPS) is 15.8. The highest BCUT2D eigenvalue weighted by Crippen LogP contribution is 2.36. The predicted octanol–water partition coefficient (Wildman–Crippen LogP) is 1.15. The van der Waals surface area contributed by atoms with E-state index in [4.69, 9.17) is 4.74 Å². The Hall–Kier alpha value is -1.20. The summed E-state index contributed by atoms with van der Waals surface area (Å²) >= 11 is 0. The Balaban J connectivity index is 2.48. The van der Waals surface area contributed by atoms with Crippen molar-refractivity contribution in [3.05, 3.63) is 28.8 Å². The van der Waals surface area contributed by atoms with Crippen molar-refractivity contribution < 1.29 is 18.6 Å². The summed E-state index contributed by atoms with van der Waals surface area (Å²) in [7, 11) is 1.65. The summed E-state index contributed by atoms with van der Waals surface area (Å²) in [6.07, 6.45) is -0.554. The molecule has 1 unspecified atom stereocenters. The number of halogens is 2. The molecule has 0 fully saturated rings. The van der Waals surface area contributed by atoms with Crippen LogP contribution in [-0.2, 0) is 6.42 Å². The second kappa shape index (κ2) is 4.35. The van der Waals surface area contributed by atoms with Gasteiger partial charge in [0, 0.05) is 30.2 Å². The number of nitrogens with one attached hydrogen (secondary N) is 1. The highest BCUT2D eigenvalue weighted by Gasteiger charge is 2.27. The molecule has 0 spiro atoms. The van der Waals surface area contributed by atoms with Gasteiger partial charge < -0.3 is 15.2 Å². The lowest BCUT2D eigenvalue weighted by Gasteiger charge is -2.15. The third-order valence-electron chi connectivity index (χ3n) is 2.66. The summed E-state index contributed by atoms with van der Waals surface area (Å²) in [5.74, 6) is -1.35. The third kappa shape index (κ3) is 1.76. The lowest BCUT2D eigenvalue weighted by Crippen LogP contribution is -2.19. The number of aliphatic hydroxyl groups excluding tert-OH is 1.